The Hall–Kier alpha value is -2.20. The summed E-state index contributed by atoms with van der Waals surface area (Å²) in [5, 5.41) is 9.26. The van der Waals surface area contributed by atoms with Crippen LogP contribution < -0.4 is 0 Å². The number of aliphatic hydroxyl groups is 1. The van der Waals surface area contributed by atoms with Gasteiger partial charge in [-0.25, -0.2) is 4.39 Å². The molecule has 2 aromatic carbocycles. The number of carbonyl (C=O) groups excluding carboxylic acids is 1. The Labute approximate surface area is 198 Å². The summed E-state index contributed by atoms with van der Waals surface area (Å²) in [6, 6.07) is 11.9. The molecular formula is C29H39FO3. The molecule has 0 amide bonds. The number of hydrogen-bond acceptors (Lipinski definition) is 3. The monoisotopic (exact) mass is 454 g/mol. The molecule has 0 bridgehead atoms. The summed E-state index contributed by atoms with van der Waals surface area (Å²) in [5.74, 6) is 0.776. The highest BCUT2D eigenvalue weighted by Crippen LogP contribution is 2.37. The molecule has 0 aromatic heterocycles. The van der Waals surface area contributed by atoms with Crippen molar-refractivity contribution in [1.82, 2.24) is 0 Å². The van der Waals surface area contributed by atoms with E-state index in [1.54, 1.807) is 6.07 Å². The van der Waals surface area contributed by atoms with Crippen molar-refractivity contribution >= 4 is 5.97 Å². The molecule has 2 aromatic rings. The maximum Gasteiger partial charge on any atom is 0.308 e. The lowest BCUT2D eigenvalue weighted by atomic mass is 9.79. The van der Waals surface area contributed by atoms with Gasteiger partial charge in [0.15, 0.2) is 0 Å². The van der Waals surface area contributed by atoms with Gasteiger partial charge in [-0.2, -0.15) is 0 Å². The second-order valence-corrected chi connectivity index (χ2v) is 9.93. The average molecular weight is 455 g/mol. The van der Waals surface area contributed by atoms with E-state index in [0.29, 0.717) is 24.5 Å². The van der Waals surface area contributed by atoms with Crippen LogP contribution in [0.15, 0.2) is 36.4 Å². The zero-order valence-corrected chi connectivity index (χ0v) is 20.4. The van der Waals surface area contributed by atoms with Crippen molar-refractivity contribution in [2.24, 2.45) is 11.8 Å². The number of carbonyl (C=O) groups is 1. The second kappa shape index (κ2) is 12.3. The molecule has 0 saturated heterocycles. The van der Waals surface area contributed by atoms with E-state index in [4.69, 9.17) is 4.74 Å². The SMILES string of the molecule is CC1CCC(c2ccc(-c3ccc(CCCO)c(CCCOC(=O)C(C)C)c3)c(F)c2)CC1. The molecule has 3 nitrogen and oxygen atoms in total. The Kier molecular flexibility index (Phi) is 9.49. The highest BCUT2D eigenvalue weighted by Gasteiger charge is 2.21. The first-order valence-electron chi connectivity index (χ1n) is 12.6. The van der Waals surface area contributed by atoms with Crippen LogP contribution >= 0.6 is 0 Å². The Morgan fingerprint density at radius 1 is 1.03 bits per heavy atom. The van der Waals surface area contributed by atoms with Gasteiger partial charge in [-0.05, 0) is 78.7 Å². The van der Waals surface area contributed by atoms with Crippen molar-refractivity contribution in [2.75, 3.05) is 13.2 Å². The van der Waals surface area contributed by atoms with Gasteiger partial charge in [0.05, 0.1) is 12.5 Å². The van der Waals surface area contributed by atoms with Crippen LogP contribution in [0.25, 0.3) is 11.1 Å². The molecule has 0 aliphatic heterocycles. The van der Waals surface area contributed by atoms with E-state index >= 15 is 4.39 Å². The second-order valence-electron chi connectivity index (χ2n) is 9.93. The summed E-state index contributed by atoms with van der Waals surface area (Å²) in [4.78, 5) is 11.7. The number of hydrogen-bond donors (Lipinski definition) is 1. The van der Waals surface area contributed by atoms with Gasteiger partial charge < -0.3 is 9.84 Å². The van der Waals surface area contributed by atoms with Crippen molar-refractivity contribution in [1.29, 1.82) is 0 Å². The highest BCUT2D eigenvalue weighted by atomic mass is 19.1. The maximum absolute atomic E-state index is 15.2. The minimum absolute atomic E-state index is 0.128. The molecule has 1 saturated carbocycles. The summed E-state index contributed by atoms with van der Waals surface area (Å²) >= 11 is 0. The summed E-state index contributed by atoms with van der Waals surface area (Å²) < 4.78 is 20.5. The molecule has 3 rings (SSSR count). The van der Waals surface area contributed by atoms with Gasteiger partial charge >= 0.3 is 5.97 Å². The van der Waals surface area contributed by atoms with Gasteiger partial charge in [0.2, 0.25) is 0 Å². The van der Waals surface area contributed by atoms with E-state index < -0.39 is 0 Å². The Morgan fingerprint density at radius 3 is 2.42 bits per heavy atom. The number of aryl methyl sites for hydroxylation is 2. The molecule has 0 spiro atoms. The number of benzene rings is 2. The Bertz CT molecular complexity index is 913. The van der Waals surface area contributed by atoms with Crippen molar-refractivity contribution in [3.63, 3.8) is 0 Å². The van der Waals surface area contributed by atoms with Gasteiger partial charge in [0.25, 0.3) is 0 Å². The molecule has 1 aliphatic rings. The lowest BCUT2D eigenvalue weighted by Gasteiger charge is -2.26. The van der Waals surface area contributed by atoms with Crippen LogP contribution in [0.5, 0.6) is 0 Å². The van der Waals surface area contributed by atoms with Crippen molar-refractivity contribution in [3.05, 3.63) is 58.9 Å². The Balaban J connectivity index is 1.75. The van der Waals surface area contributed by atoms with Gasteiger partial charge in [0.1, 0.15) is 5.82 Å². The highest BCUT2D eigenvalue weighted by molar-refractivity contribution is 5.71. The van der Waals surface area contributed by atoms with Gasteiger partial charge in [-0.15, -0.1) is 0 Å². The molecule has 180 valence electrons. The standard InChI is InChI=1S/C29H39FO3/c1-20(2)29(32)33-17-5-7-24-18-26(13-12-22(24)6-4-16-31)27-15-14-25(19-28(27)30)23-10-8-21(3)9-11-23/h12-15,18-21,23,31H,4-11,16-17H2,1-3H3. The van der Waals surface area contributed by atoms with E-state index in [1.165, 1.54) is 12.8 Å². The molecule has 0 radical (unpaired) electrons. The van der Waals surface area contributed by atoms with Gasteiger partial charge in [0, 0.05) is 12.2 Å². The number of ether oxygens (including phenoxy) is 1. The third-order valence-corrected chi connectivity index (χ3v) is 6.91. The smallest absolute Gasteiger partial charge is 0.308 e. The molecular weight excluding hydrogens is 415 g/mol. The first-order valence-corrected chi connectivity index (χ1v) is 12.6. The number of halogens is 1. The fourth-order valence-corrected chi connectivity index (χ4v) is 4.75. The van der Waals surface area contributed by atoms with Crippen LogP contribution in [0.2, 0.25) is 0 Å². The topological polar surface area (TPSA) is 46.5 Å². The normalized spacial score (nSPS) is 18.5. The largest absolute Gasteiger partial charge is 0.465 e. The Morgan fingerprint density at radius 2 is 1.76 bits per heavy atom. The van der Waals surface area contributed by atoms with E-state index in [0.717, 1.165) is 60.3 Å². The van der Waals surface area contributed by atoms with Crippen LogP contribution in [-0.2, 0) is 22.4 Å². The number of rotatable bonds is 10. The predicted molar refractivity (Wildman–Crippen MR) is 132 cm³/mol. The van der Waals surface area contributed by atoms with E-state index in [-0.39, 0.29) is 24.3 Å². The van der Waals surface area contributed by atoms with Crippen LogP contribution in [0, 0.1) is 17.7 Å². The van der Waals surface area contributed by atoms with Crippen molar-refractivity contribution in [3.8, 4) is 11.1 Å². The zero-order chi connectivity index (χ0) is 23.8. The molecule has 1 fully saturated rings. The fourth-order valence-electron chi connectivity index (χ4n) is 4.75. The van der Waals surface area contributed by atoms with Gasteiger partial charge in [-0.3, -0.25) is 4.79 Å². The molecule has 4 heteroatoms. The molecule has 1 aliphatic carbocycles. The van der Waals surface area contributed by atoms with Crippen LogP contribution in [0.4, 0.5) is 4.39 Å². The van der Waals surface area contributed by atoms with Crippen LogP contribution in [-0.4, -0.2) is 24.3 Å². The quantitative estimate of drug-likeness (QED) is 0.316. The summed E-state index contributed by atoms with van der Waals surface area (Å²) in [6.45, 7) is 6.48. The van der Waals surface area contributed by atoms with E-state index in [1.807, 2.05) is 26.0 Å². The number of esters is 1. The van der Waals surface area contributed by atoms with Crippen molar-refractivity contribution in [2.45, 2.75) is 78.1 Å². The number of aliphatic hydroxyl groups excluding tert-OH is 1. The molecule has 1 N–H and O–H groups in total. The molecule has 0 heterocycles. The molecule has 0 atom stereocenters. The van der Waals surface area contributed by atoms with Gasteiger partial charge in [-0.1, -0.05) is 63.9 Å². The molecule has 33 heavy (non-hydrogen) atoms. The average Bonchev–Trinajstić information content (AvgIpc) is 2.81. The minimum atomic E-state index is -0.182. The van der Waals surface area contributed by atoms with Crippen LogP contribution in [0.1, 0.15) is 81.9 Å². The first-order chi connectivity index (χ1) is 15.9. The molecule has 0 unspecified atom stereocenters. The lowest BCUT2D eigenvalue weighted by Crippen LogP contribution is -2.13. The zero-order valence-electron chi connectivity index (χ0n) is 20.4. The maximum atomic E-state index is 15.2. The van der Waals surface area contributed by atoms with Crippen molar-refractivity contribution < 1.29 is 19.0 Å². The van der Waals surface area contributed by atoms with E-state index in [2.05, 4.69) is 25.1 Å². The predicted octanol–water partition coefficient (Wildman–Crippen LogP) is 6.84. The van der Waals surface area contributed by atoms with Crippen LogP contribution in [0.3, 0.4) is 0 Å². The lowest BCUT2D eigenvalue weighted by molar-refractivity contribution is -0.147. The third kappa shape index (κ3) is 7.14. The first kappa shape index (κ1) is 25.4. The fraction of sp³-hybridized carbons (Fsp3) is 0.552. The minimum Gasteiger partial charge on any atom is -0.465 e. The summed E-state index contributed by atoms with van der Waals surface area (Å²) in [5.41, 5.74) is 4.92. The summed E-state index contributed by atoms with van der Waals surface area (Å²) in [6.07, 6.45) is 7.67. The van der Waals surface area contributed by atoms with E-state index in [9.17, 15) is 9.90 Å². The summed E-state index contributed by atoms with van der Waals surface area (Å²) in [7, 11) is 0. The third-order valence-electron chi connectivity index (χ3n) is 6.91.